The molecule has 0 aromatic heterocycles. The van der Waals surface area contributed by atoms with Crippen molar-refractivity contribution in [1.82, 2.24) is 5.32 Å². The van der Waals surface area contributed by atoms with Crippen LogP contribution >= 0.6 is 0 Å². The Kier molecular flexibility index (Phi) is 3.31. The average Bonchev–Trinajstić information content (AvgIpc) is 2.63. The second-order valence-electron chi connectivity index (χ2n) is 4.10. The number of aliphatic hydroxyl groups excluding tert-OH is 1. The predicted octanol–water partition coefficient (Wildman–Crippen LogP) is 0.279. The lowest BCUT2D eigenvalue weighted by molar-refractivity contribution is -0.143. The second-order valence-corrected chi connectivity index (χ2v) is 4.10. The smallest absolute Gasteiger partial charge is 0.340 e. The van der Waals surface area contributed by atoms with Gasteiger partial charge >= 0.3 is 11.9 Å². The summed E-state index contributed by atoms with van der Waals surface area (Å²) in [4.78, 5) is 22.5. The topological polar surface area (TPSA) is 95.9 Å². The molecule has 96 valence electrons. The SMILES string of the molecule is CC(O)C(NC1OC(=O)c2ccccc21)C(=O)O. The Balaban J connectivity index is 2.22. The van der Waals surface area contributed by atoms with Crippen LogP contribution in [0.4, 0.5) is 0 Å². The fourth-order valence-electron chi connectivity index (χ4n) is 1.85. The minimum atomic E-state index is -1.20. The Hall–Kier alpha value is -1.92. The molecule has 3 atom stereocenters. The number of carboxylic acids is 1. The summed E-state index contributed by atoms with van der Waals surface area (Å²) in [6, 6.07) is 5.52. The van der Waals surface area contributed by atoms with E-state index in [9.17, 15) is 14.7 Å². The van der Waals surface area contributed by atoms with Crippen molar-refractivity contribution in [3.63, 3.8) is 0 Å². The summed E-state index contributed by atoms with van der Waals surface area (Å²) in [6.07, 6.45) is -1.95. The Morgan fingerprint density at radius 3 is 2.72 bits per heavy atom. The molecular weight excluding hydrogens is 238 g/mol. The number of carbonyl (C=O) groups excluding carboxylic acids is 1. The molecule has 3 N–H and O–H groups in total. The van der Waals surface area contributed by atoms with Gasteiger partial charge < -0.3 is 14.9 Å². The van der Waals surface area contributed by atoms with Crippen molar-refractivity contribution >= 4 is 11.9 Å². The minimum absolute atomic E-state index is 0.407. The van der Waals surface area contributed by atoms with Crippen molar-refractivity contribution in [2.45, 2.75) is 25.3 Å². The van der Waals surface area contributed by atoms with Gasteiger partial charge in [-0.25, -0.2) is 4.79 Å². The number of aliphatic hydroxyl groups is 1. The van der Waals surface area contributed by atoms with Gasteiger partial charge in [-0.3, -0.25) is 10.1 Å². The highest BCUT2D eigenvalue weighted by atomic mass is 16.6. The standard InChI is InChI=1S/C12H13NO5/c1-6(14)9(11(15)16)13-10-7-4-2-3-5-8(7)12(17)18-10/h2-6,9-10,13-14H,1H3,(H,15,16). The molecule has 0 amide bonds. The van der Waals surface area contributed by atoms with Crippen molar-refractivity contribution in [1.29, 1.82) is 0 Å². The summed E-state index contributed by atoms with van der Waals surface area (Å²) in [5.74, 6) is -1.71. The van der Waals surface area contributed by atoms with Gasteiger partial charge in [0, 0.05) is 5.56 Å². The van der Waals surface area contributed by atoms with Gasteiger partial charge in [0.1, 0.15) is 6.04 Å². The highest BCUT2D eigenvalue weighted by Crippen LogP contribution is 2.28. The molecule has 1 aliphatic rings. The molecule has 6 heteroatoms. The molecule has 6 nitrogen and oxygen atoms in total. The maximum Gasteiger partial charge on any atom is 0.340 e. The van der Waals surface area contributed by atoms with Gasteiger partial charge in [0.25, 0.3) is 0 Å². The van der Waals surface area contributed by atoms with E-state index in [1.165, 1.54) is 6.92 Å². The molecule has 0 saturated heterocycles. The zero-order chi connectivity index (χ0) is 13.3. The van der Waals surface area contributed by atoms with Crippen molar-refractivity contribution in [2.24, 2.45) is 0 Å². The van der Waals surface area contributed by atoms with E-state index in [1.807, 2.05) is 0 Å². The molecule has 3 unspecified atom stereocenters. The monoisotopic (exact) mass is 251 g/mol. The Morgan fingerprint density at radius 2 is 2.11 bits per heavy atom. The lowest BCUT2D eigenvalue weighted by Crippen LogP contribution is -2.46. The van der Waals surface area contributed by atoms with E-state index in [2.05, 4.69) is 5.32 Å². The summed E-state index contributed by atoms with van der Waals surface area (Å²) >= 11 is 0. The highest BCUT2D eigenvalue weighted by molar-refractivity contribution is 5.94. The van der Waals surface area contributed by atoms with Crippen LogP contribution in [0.3, 0.4) is 0 Å². The molecule has 0 bridgehead atoms. The lowest BCUT2D eigenvalue weighted by Gasteiger charge is -2.21. The van der Waals surface area contributed by atoms with Crippen molar-refractivity contribution < 1.29 is 24.5 Å². The lowest BCUT2D eigenvalue weighted by atomic mass is 10.1. The minimum Gasteiger partial charge on any atom is -0.480 e. The van der Waals surface area contributed by atoms with Crippen LogP contribution in [0.15, 0.2) is 24.3 Å². The Bertz CT molecular complexity index is 485. The molecule has 18 heavy (non-hydrogen) atoms. The fourth-order valence-corrected chi connectivity index (χ4v) is 1.85. The molecule has 0 fully saturated rings. The van der Waals surface area contributed by atoms with E-state index in [1.54, 1.807) is 24.3 Å². The first-order chi connectivity index (χ1) is 8.50. The second kappa shape index (κ2) is 4.75. The van der Waals surface area contributed by atoms with Gasteiger partial charge in [-0.15, -0.1) is 0 Å². The summed E-state index contributed by atoms with van der Waals surface area (Å²) in [5, 5.41) is 20.9. The van der Waals surface area contributed by atoms with Gasteiger partial charge in [-0.1, -0.05) is 18.2 Å². The van der Waals surface area contributed by atoms with Crippen LogP contribution < -0.4 is 5.32 Å². The van der Waals surface area contributed by atoms with Gasteiger partial charge in [0.2, 0.25) is 0 Å². The number of nitrogens with one attached hydrogen (secondary N) is 1. The molecule has 0 aliphatic carbocycles. The first kappa shape index (κ1) is 12.5. The van der Waals surface area contributed by atoms with E-state index in [-0.39, 0.29) is 0 Å². The molecule has 0 saturated carbocycles. The summed E-state index contributed by atoms with van der Waals surface area (Å²) in [7, 11) is 0. The first-order valence-corrected chi connectivity index (χ1v) is 5.47. The van der Waals surface area contributed by atoms with Gasteiger partial charge in [-0.05, 0) is 13.0 Å². The number of cyclic esters (lactones) is 1. The summed E-state index contributed by atoms with van der Waals surface area (Å²) in [5.41, 5.74) is 0.985. The van der Waals surface area contributed by atoms with Crippen LogP contribution in [0.5, 0.6) is 0 Å². The maximum absolute atomic E-state index is 11.5. The molecule has 0 radical (unpaired) electrons. The Morgan fingerprint density at radius 1 is 1.44 bits per heavy atom. The largest absolute Gasteiger partial charge is 0.480 e. The third kappa shape index (κ3) is 2.20. The summed E-state index contributed by atoms with van der Waals surface area (Å²) < 4.78 is 5.04. The molecule has 1 aromatic carbocycles. The van der Waals surface area contributed by atoms with E-state index in [4.69, 9.17) is 9.84 Å². The van der Waals surface area contributed by atoms with Crippen LogP contribution in [0.25, 0.3) is 0 Å². The van der Waals surface area contributed by atoms with Crippen LogP contribution in [-0.2, 0) is 9.53 Å². The predicted molar refractivity (Wildman–Crippen MR) is 60.8 cm³/mol. The number of rotatable bonds is 4. The number of esters is 1. The number of carbonyl (C=O) groups is 2. The van der Waals surface area contributed by atoms with Crippen LogP contribution in [-0.4, -0.2) is 34.3 Å². The average molecular weight is 251 g/mol. The maximum atomic E-state index is 11.5. The van der Waals surface area contributed by atoms with Crippen molar-refractivity contribution in [3.05, 3.63) is 35.4 Å². The number of ether oxygens (including phenoxy) is 1. The van der Waals surface area contributed by atoms with Crippen LogP contribution in [0.1, 0.15) is 29.1 Å². The van der Waals surface area contributed by atoms with Crippen LogP contribution in [0.2, 0.25) is 0 Å². The Labute approximate surface area is 103 Å². The number of fused-ring (bicyclic) bond motifs is 1. The van der Waals surface area contributed by atoms with Gasteiger partial charge in [0.15, 0.2) is 6.23 Å². The van der Waals surface area contributed by atoms with Crippen molar-refractivity contribution in [2.75, 3.05) is 0 Å². The molecular formula is C12H13NO5. The first-order valence-electron chi connectivity index (χ1n) is 5.47. The van der Waals surface area contributed by atoms with E-state index >= 15 is 0 Å². The third-order valence-electron chi connectivity index (χ3n) is 2.77. The molecule has 1 aliphatic heterocycles. The zero-order valence-electron chi connectivity index (χ0n) is 9.66. The number of hydrogen-bond acceptors (Lipinski definition) is 5. The molecule has 2 rings (SSSR count). The quantitative estimate of drug-likeness (QED) is 0.665. The van der Waals surface area contributed by atoms with Crippen molar-refractivity contribution in [3.8, 4) is 0 Å². The number of carboxylic acid groups (broad SMARTS) is 1. The molecule has 1 aromatic rings. The fraction of sp³-hybridized carbons (Fsp3) is 0.333. The molecule has 0 spiro atoms. The van der Waals surface area contributed by atoms with E-state index in [0.29, 0.717) is 11.1 Å². The number of aliphatic carboxylic acids is 1. The van der Waals surface area contributed by atoms with Crippen LogP contribution in [0, 0.1) is 0 Å². The summed E-state index contributed by atoms with van der Waals surface area (Å²) in [6.45, 7) is 1.36. The normalized spacial score (nSPS) is 21.0. The molecule has 1 heterocycles. The third-order valence-corrected chi connectivity index (χ3v) is 2.77. The highest BCUT2D eigenvalue weighted by Gasteiger charge is 2.35. The zero-order valence-corrected chi connectivity index (χ0v) is 9.66. The van der Waals surface area contributed by atoms with E-state index < -0.39 is 30.3 Å². The number of hydrogen-bond donors (Lipinski definition) is 3. The van der Waals surface area contributed by atoms with Gasteiger partial charge in [0.05, 0.1) is 11.7 Å². The number of benzene rings is 1. The van der Waals surface area contributed by atoms with Gasteiger partial charge in [-0.2, -0.15) is 0 Å². The van der Waals surface area contributed by atoms with E-state index in [0.717, 1.165) is 0 Å².